The highest BCUT2D eigenvalue weighted by molar-refractivity contribution is 7.60. The number of phosphoric ester groups is 2. The Morgan fingerprint density at radius 3 is 2.32 bits per heavy atom. The van der Waals surface area contributed by atoms with Gasteiger partial charge in [-0.15, -0.1) is 0 Å². The van der Waals surface area contributed by atoms with Crippen LogP contribution >= 0.6 is 15.6 Å². The molecule has 1 aromatic heterocycles. The monoisotopic (exact) mass is 523 g/mol. The number of aliphatic hydroxyl groups is 2. The number of ether oxygens (including phenoxy) is 1. The summed E-state index contributed by atoms with van der Waals surface area (Å²) in [5.41, 5.74) is -2.11. The molecule has 186 valence electrons. The third-order valence-electron chi connectivity index (χ3n) is 4.32. The van der Waals surface area contributed by atoms with Crippen molar-refractivity contribution >= 4 is 21.3 Å². The molecule has 3 rings (SSSR count). The first kappa shape index (κ1) is 25.9. The van der Waals surface area contributed by atoms with Crippen molar-refractivity contribution in [3.63, 3.8) is 0 Å². The van der Waals surface area contributed by atoms with E-state index in [9.17, 15) is 48.8 Å². The van der Waals surface area contributed by atoms with E-state index in [0.717, 1.165) is 41.1 Å². The van der Waals surface area contributed by atoms with Crippen molar-refractivity contribution in [2.45, 2.75) is 24.5 Å². The number of rotatable bonds is 9. The second kappa shape index (κ2) is 9.87. The molecule has 0 bridgehead atoms. The molecule has 1 aliphatic heterocycles. The van der Waals surface area contributed by atoms with E-state index in [1.807, 2.05) is 4.98 Å². The number of nitrogens with zero attached hydrogens (tertiary/aromatic N) is 2. The van der Waals surface area contributed by atoms with Crippen molar-refractivity contribution < 1.29 is 52.1 Å². The number of nitro benzene ring substituents is 1. The largest absolute Gasteiger partial charge is 0.756 e. The molecule has 2 heterocycles. The Labute approximate surface area is 188 Å². The van der Waals surface area contributed by atoms with Crippen LogP contribution in [0.2, 0.25) is 0 Å². The Bertz CT molecular complexity index is 1260. The number of benzene rings is 1. The number of nitrogens with one attached hydrogen (secondary N) is 1. The molecule has 0 saturated carbocycles. The molecule has 6 atom stereocenters. The zero-order valence-electron chi connectivity index (χ0n) is 16.6. The van der Waals surface area contributed by atoms with Crippen LogP contribution in [0.15, 0.2) is 46.1 Å². The number of aromatic amines is 1. The summed E-state index contributed by atoms with van der Waals surface area (Å²) in [4.78, 5) is 58.5. The summed E-state index contributed by atoms with van der Waals surface area (Å²) < 4.78 is 42.4. The quantitative estimate of drug-likeness (QED) is 0.185. The van der Waals surface area contributed by atoms with Gasteiger partial charge in [0.1, 0.15) is 24.1 Å². The summed E-state index contributed by atoms with van der Waals surface area (Å²) in [7, 11) is -11.2. The third kappa shape index (κ3) is 6.24. The average molecular weight is 523 g/mol. The smallest absolute Gasteiger partial charge is 0.330 e. The third-order valence-corrected chi connectivity index (χ3v) is 6.82. The Morgan fingerprint density at radius 2 is 1.74 bits per heavy atom. The van der Waals surface area contributed by atoms with E-state index in [-0.39, 0.29) is 5.69 Å². The first-order chi connectivity index (χ1) is 15.8. The molecule has 1 fully saturated rings. The molecule has 1 aliphatic rings. The van der Waals surface area contributed by atoms with Gasteiger partial charge in [0, 0.05) is 24.4 Å². The van der Waals surface area contributed by atoms with Gasteiger partial charge in [0.2, 0.25) is 0 Å². The minimum absolute atomic E-state index is 0.383. The molecule has 0 spiro atoms. The van der Waals surface area contributed by atoms with Crippen LogP contribution in [0.1, 0.15) is 6.23 Å². The van der Waals surface area contributed by atoms with Crippen molar-refractivity contribution in [2.75, 3.05) is 6.61 Å². The molecule has 1 aromatic carbocycles. The van der Waals surface area contributed by atoms with Crippen molar-refractivity contribution in [1.29, 1.82) is 0 Å². The molecule has 1 saturated heterocycles. The average Bonchev–Trinajstić information content (AvgIpc) is 3.00. The van der Waals surface area contributed by atoms with Gasteiger partial charge >= 0.3 is 13.5 Å². The zero-order chi connectivity index (χ0) is 25.3. The molecule has 0 amide bonds. The zero-order valence-corrected chi connectivity index (χ0v) is 18.4. The van der Waals surface area contributed by atoms with Crippen molar-refractivity contribution in [3.05, 3.63) is 67.5 Å². The van der Waals surface area contributed by atoms with E-state index >= 15 is 0 Å². The maximum absolute atomic E-state index is 11.9. The van der Waals surface area contributed by atoms with Crippen LogP contribution < -0.4 is 25.6 Å². The van der Waals surface area contributed by atoms with Gasteiger partial charge in [0.15, 0.2) is 6.23 Å². The van der Waals surface area contributed by atoms with E-state index in [4.69, 9.17) is 4.74 Å². The molecule has 0 aliphatic carbocycles. The fourth-order valence-corrected chi connectivity index (χ4v) is 4.82. The molecule has 0 radical (unpaired) electrons. The van der Waals surface area contributed by atoms with E-state index in [0.29, 0.717) is 0 Å². The minimum Gasteiger partial charge on any atom is -0.756 e. The fourth-order valence-electron chi connectivity index (χ4n) is 2.81. The van der Waals surface area contributed by atoms with Gasteiger partial charge in [-0.25, -0.2) is 9.11 Å². The molecule has 3 N–H and O–H groups in total. The fraction of sp³-hybridized carbons (Fsp3) is 0.333. The van der Waals surface area contributed by atoms with Crippen molar-refractivity contribution in [2.24, 2.45) is 0 Å². The minimum atomic E-state index is -5.63. The van der Waals surface area contributed by atoms with Crippen LogP contribution in [0.4, 0.5) is 5.69 Å². The van der Waals surface area contributed by atoms with Crippen LogP contribution in [-0.2, 0) is 22.7 Å². The summed E-state index contributed by atoms with van der Waals surface area (Å²) in [5.74, 6) is -0.490. The number of H-pyrrole nitrogens is 1. The van der Waals surface area contributed by atoms with Gasteiger partial charge in [-0.05, 0) is 12.1 Å². The van der Waals surface area contributed by atoms with Gasteiger partial charge in [0.05, 0.1) is 11.5 Å². The van der Waals surface area contributed by atoms with Gasteiger partial charge in [-0.2, -0.15) is 0 Å². The maximum Gasteiger partial charge on any atom is 0.330 e. The van der Waals surface area contributed by atoms with E-state index in [1.54, 1.807) is 0 Å². The van der Waals surface area contributed by atoms with Crippen molar-refractivity contribution in [1.82, 2.24) is 9.55 Å². The van der Waals surface area contributed by atoms with Crippen LogP contribution in [0.3, 0.4) is 0 Å². The highest BCUT2D eigenvalue weighted by Crippen LogP contribution is 2.55. The Morgan fingerprint density at radius 1 is 1.09 bits per heavy atom. The lowest BCUT2D eigenvalue weighted by molar-refractivity contribution is -0.384. The molecule has 34 heavy (non-hydrogen) atoms. The number of aromatic nitrogens is 2. The number of aliphatic hydroxyl groups excluding tert-OH is 2. The highest BCUT2D eigenvalue weighted by atomic mass is 31.3. The topological polar surface area (TPSA) is 256 Å². The first-order valence-electron chi connectivity index (χ1n) is 9.03. The molecule has 2 aromatic rings. The van der Waals surface area contributed by atoms with Crippen LogP contribution in [0.25, 0.3) is 0 Å². The predicted molar refractivity (Wildman–Crippen MR) is 103 cm³/mol. The van der Waals surface area contributed by atoms with Gasteiger partial charge in [-0.1, -0.05) is 0 Å². The maximum atomic E-state index is 11.9. The van der Waals surface area contributed by atoms with E-state index < -0.39 is 68.7 Å². The van der Waals surface area contributed by atoms with Crippen LogP contribution in [-0.4, -0.2) is 49.6 Å². The second-order valence-electron chi connectivity index (χ2n) is 6.68. The van der Waals surface area contributed by atoms with Gasteiger partial charge < -0.3 is 33.8 Å². The van der Waals surface area contributed by atoms with Gasteiger partial charge in [0.25, 0.3) is 19.1 Å². The van der Waals surface area contributed by atoms with Crippen molar-refractivity contribution in [3.8, 4) is 5.75 Å². The summed E-state index contributed by atoms with van der Waals surface area (Å²) in [6.07, 6.45) is -5.66. The van der Waals surface area contributed by atoms with E-state index in [2.05, 4.69) is 13.4 Å². The number of hydrogen-bond donors (Lipinski definition) is 3. The summed E-state index contributed by atoms with van der Waals surface area (Å²) in [6.45, 7) is -1.04. The van der Waals surface area contributed by atoms with Crippen LogP contribution in [0, 0.1) is 10.1 Å². The van der Waals surface area contributed by atoms with Gasteiger partial charge in [-0.3, -0.25) is 33.6 Å². The number of non-ortho nitro benzene ring substituents is 1. The summed E-state index contributed by atoms with van der Waals surface area (Å²) >= 11 is 0. The molecule has 17 nitrogen and oxygen atoms in total. The van der Waals surface area contributed by atoms with E-state index in [1.165, 1.54) is 0 Å². The predicted octanol–water partition coefficient (Wildman–Crippen LogP) is -1.89. The Hall–Kier alpha value is -2.72. The molecule has 2 unspecified atom stereocenters. The summed E-state index contributed by atoms with van der Waals surface area (Å²) in [6, 6.07) is 4.50. The lowest BCUT2D eigenvalue weighted by Gasteiger charge is -2.31. The number of phosphoric acid groups is 2. The summed E-state index contributed by atoms with van der Waals surface area (Å²) in [5, 5.41) is 30.7. The Kier molecular flexibility index (Phi) is 7.52. The second-order valence-corrected chi connectivity index (χ2v) is 9.56. The normalized spacial score (nSPS) is 25.9. The SMILES string of the molecule is O=c1ccn([C@@H]2O[C@H](COP(=O)([O-])OP(=O)([O-])Oc3ccc([N+](=O)[O-])cc3)[C@@H](O)[C@H]2O)c(=O)[nH]1. The first-order valence-corrected chi connectivity index (χ1v) is 12.0. The number of hydrogen-bond acceptors (Lipinski definition) is 14. The Balaban J connectivity index is 1.61. The standard InChI is InChI=1S/C15H17N3O14P2/c19-11-5-6-17(15(22)16-11)14-13(21)12(20)10(30-14)7-29-33(25,26)32-34(27,28)31-9-3-1-8(2-4-9)18(23)24/h1-6,10,12-14,20-21H,7H2,(H,25,26)(H,27,28)(H,16,19,22)/p-2/t10-,12-,13-,14-/m1/s1. The molecular formula is C15H15N3O14P2-2. The van der Waals surface area contributed by atoms with Crippen LogP contribution in [0.5, 0.6) is 5.75 Å². The number of nitro groups is 1. The highest BCUT2D eigenvalue weighted by Gasteiger charge is 2.44. The molecular weight excluding hydrogens is 508 g/mol. The lowest BCUT2D eigenvalue weighted by atomic mass is 10.1. The molecule has 19 heteroatoms. The lowest BCUT2D eigenvalue weighted by Crippen LogP contribution is -2.37.